The number of likely N-dealkylation sites (N-methyl/N-ethyl adjacent to an activating group) is 1. The smallest absolute Gasteiger partial charge is 0.217 e. The van der Waals surface area contributed by atoms with Crippen molar-refractivity contribution in [1.29, 1.82) is 0 Å². The van der Waals surface area contributed by atoms with Crippen LogP contribution < -0.4 is 10.4 Å². The lowest BCUT2D eigenvalue weighted by molar-refractivity contribution is -0.319. The molecule has 0 radical (unpaired) electrons. The second-order valence-electron chi connectivity index (χ2n) is 7.09. The second-order valence-corrected chi connectivity index (χ2v) is 8.14. The highest BCUT2D eigenvalue weighted by Gasteiger charge is 2.27. The van der Waals surface area contributed by atoms with Crippen LogP contribution in [0.4, 0.5) is 0 Å². The minimum atomic E-state index is -4.61. The molecule has 2 aliphatic rings. The van der Waals surface area contributed by atoms with Gasteiger partial charge in [-0.25, -0.2) is 8.42 Å². The van der Waals surface area contributed by atoms with Gasteiger partial charge in [0.05, 0.1) is 38.0 Å². The Morgan fingerprint density at radius 3 is 2.23 bits per heavy atom. The molecule has 2 rings (SSSR count). The first-order valence-electron chi connectivity index (χ1n) is 8.75. The van der Waals surface area contributed by atoms with Gasteiger partial charge in [-0.15, -0.1) is 0 Å². The maximum Gasteiger partial charge on any atom is 0.217 e. The maximum absolute atomic E-state index is 10.4. The lowest BCUT2D eigenvalue weighted by Crippen LogP contribution is -2.45. The van der Waals surface area contributed by atoms with Crippen molar-refractivity contribution in [3.63, 3.8) is 0 Å². The zero-order chi connectivity index (χ0) is 19.9. The van der Waals surface area contributed by atoms with E-state index in [2.05, 4.69) is 16.4 Å². The van der Waals surface area contributed by atoms with Gasteiger partial charge in [0.2, 0.25) is 10.4 Å². The Morgan fingerprint density at radius 1 is 1.12 bits per heavy atom. The molecule has 0 spiro atoms. The summed E-state index contributed by atoms with van der Waals surface area (Å²) in [7, 11) is -2.76. The molecule has 0 saturated carbocycles. The largest absolute Gasteiger partial charge is 0.726 e. The summed E-state index contributed by atoms with van der Waals surface area (Å²) in [4.78, 5) is 10.4. The lowest BCUT2D eigenvalue weighted by atomic mass is 9.89. The molecule has 2 fully saturated rings. The van der Waals surface area contributed by atoms with E-state index in [0.717, 1.165) is 0 Å². The van der Waals surface area contributed by atoms with E-state index < -0.39 is 22.5 Å². The topological polar surface area (TPSA) is 137 Å². The second kappa shape index (κ2) is 10.5. The molecule has 0 aromatic rings. The van der Waals surface area contributed by atoms with Crippen LogP contribution in [-0.2, 0) is 28.9 Å². The molecular weight excluding hydrogens is 366 g/mol. The summed E-state index contributed by atoms with van der Waals surface area (Å²) >= 11 is 0. The molecule has 0 aromatic carbocycles. The van der Waals surface area contributed by atoms with Gasteiger partial charge in [-0.2, -0.15) is 0 Å². The number of carboxylic acid groups (broad SMARTS) is 1. The first kappa shape index (κ1) is 23.3. The molecule has 6 unspecified atom stereocenters. The Hall–Kier alpha value is -0.780. The van der Waals surface area contributed by atoms with Gasteiger partial charge >= 0.3 is 0 Å². The van der Waals surface area contributed by atoms with E-state index in [1.165, 1.54) is 0 Å². The fourth-order valence-electron chi connectivity index (χ4n) is 2.93. The molecule has 154 valence electrons. The molecule has 9 nitrogen and oxygen atoms in total. The molecule has 2 saturated heterocycles. The van der Waals surface area contributed by atoms with Gasteiger partial charge in [0.25, 0.3) is 0 Å². The van der Waals surface area contributed by atoms with Gasteiger partial charge in [-0.1, -0.05) is 20.8 Å². The van der Waals surface area contributed by atoms with Crippen molar-refractivity contribution in [2.24, 2.45) is 17.8 Å². The van der Waals surface area contributed by atoms with Crippen LogP contribution in [0.2, 0.25) is 0 Å². The Kier molecular flexibility index (Phi) is 9.42. The number of hydrogen-bond acceptors (Lipinski definition) is 9. The average Bonchev–Trinajstić information content (AvgIpc) is 2.55. The summed E-state index contributed by atoms with van der Waals surface area (Å²) in [5.74, 6) is 0.174. The summed E-state index contributed by atoms with van der Waals surface area (Å²) in [5, 5.41) is 13.5. The third-order valence-electron chi connectivity index (χ3n) is 4.98. The van der Waals surface area contributed by atoms with Gasteiger partial charge in [0.15, 0.2) is 0 Å². The van der Waals surface area contributed by atoms with Crippen LogP contribution in [0.5, 0.6) is 0 Å². The average molecular weight is 395 g/mol. The van der Waals surface area contributed by atoms with Crippen LogP contribution in [0.1, 0.15) is 33.6 Å². The van der Waals surface area contributed by atoms with Crippen LogP contribution in [0.3, 0.4) is 0 Å². The Bertz CT molecular complexity index is 540. The van der Waals surface area contributed by atoms with E-state index in [4.69, 9.17) is 9.47 Å². The standard InChI is InChI=1S/C8H17NO5S.C8H14O3/c1-6-3-7(4-14-15(10,11)12)13-5-8(6)9-2;1-5-3-7(8(9)10)11-4-6(5)2/h6-9H,3-5H2,1-2H3,(H,10,11,12);5-7H,3-4H2,1-2H3,(H,9,10)/p-2. The van der Waals surface area contributed by atoms with Crippen molar-refractivity contribution in [3.8, 4) is 0 Å². The molecule has 0 aliphatic carbocycles. The minimum Gasteiger partial charge on any atom is -0.726 e. The van der Waals surface area contributed by atoms with Crippen LogP contribution in [0, 0.1) is 17.8 Å². The van der Waals surface area contributed by atoms with E-state index in [1.54, 1.807) is 0 Å². The summed E-state index contributed by atoms with van der Waals surface area (Å²) in [6.45, 7) is 7.01. The first-order valence-corrected chi connectivity index (χ1v) is 10.1. The first-order chi connectivity index (χ1) is 12.0. The molecule has 26 heavy (non-hydrogen) atoms. The normalized spacial score (nSPS) is 35.3. The third kappa shape index (κ3) is 8.28. The summed E-state index contributed by atoms with van der Waals surface area (Å²) < 4.78 is 45.3. The molecule has 1 N–H and O–H groups in total. The van der Waals surface area contributed by atoms with Crippen molar-refractivity contribution < 1.29 is 36.5 Å². The Morgan fingerprint density at radius 2 is 1.77 bits per heavy atom. The molecular formula is C16H29NO8S-2. The number of hydrogen-bond donors (Lipinski definition) is 1. The number of carbonyl (C=O) groups is 1. The van der Waals surface area contributed by atoms with E-state index in [-0.39, 0.29) is 18.8 Å². The van der Waals surface area contributed by atoms with Gasteiger partial charge in [0.1, 0.15) is 0 Å². The van der Waals surface area contributed by atoms with Crippen molar-refractivity contribution in [2.75, 3.05) is 26.9 Å². The predicted octanol–water partition coefficient (Wildman–Crippen LogP) is -0.726. The molecule has 0 amide bonds. The lowest BCUT2D eigenvalue weighted by Gasteiger charge is -2.34. The highest BCUT2D eigenvalue weighted by atomic mass is 32.3. The van der Waals surface area contributed by atoms with Crippen molar-refractivity contribution in [2.45, 2.75) is 51.9 Å². The Balaban J connectivity index is 0.000000273. The fourth-order valence-corrected chi connectivity index (χ4v) is 3.25. The molecule has 6 atom stereocenters. The Labute approximate surface area is 155 Å². The zero-order valence-electron chi connectivity index (χ0n) is 15.7. The highest BCUT2D eigenvalue weighted by Crippen LogP contribution is 2.24. The predicted molar refractivity (Wildman–Crippen MR) is 89.7 cm³/mol. The van der Waals surface area contributed by atoms with E-state index in [9.17, 15) is 22.9 Å². The van der Waals surface area contributed by atoms with Crippen molar-refractivity contribution in [1.82, 2.24) is 5.32 Å². The number of carboxylic acids is 1. The minimum absolute atomic E-state index is 0.188. The summed E-state index contributed by atoms with van der Waals surface area (Å²) in [6, 6.07) is 0.269. The van der Waals surface area contributed by atoms with Crippen LogP contribution in [-0.4, -0.2) is 64.1 Å². The van der Waals surface area contributed by atoms with Crippen molar-refractivity contribution in [3.05, 3.63) is 0 Å². The highest BCUT2D eigenvalue weighted by molar-refractivity contribution is 7.80. The van der Waals surface area contributed by atoms with Crippen LogP contribution in [0.25, 0.3) is 0 Å². The fraction of sp³-hybridized carbons (Fsp3) is 0.938. The van der Waals surface area contributed by atoms with Gasteiger partial charge in [-0.3, -0.25) is 4.18 Å². The zero-order valence-corrected chi connectivity index (χ0v) is 16.5. The monoisotopic (exact) mass is 395 g/mol. The quantitative estimate of drug-likeness (QED) is 0.472. The van der Waals surface area contributed by atoms with Gasteiger partial charge in [-0.05, 0) is 37.6 Å². The van der Waals surface area contributed by atoms with Crippen molar-refractivity contribution >= 4 is 16.4 Å². The summed E-state index contributed by atoms with van der Waals surface area (Å²) in [6.07, 6.45) is 0.277. The van der Waals surface area contributed by atoms with Crippen LogP contribution in [0.15, 0.2) is 0 Å². The van der Waals surface area contributed by atoms with E-state index in [0.29, 0.717) is 43.8 Å². The SMILES string of the molecule is CC1COC(C(=O)[O-])CC1C.CNC1COC(COS(=O)(=O)[O-])CC1C. The van der Waals surface area contributed by atoms with E-state index in [1.807, 2.05) is 20.9 Å². The van der Waals surface area contributed by atoms with E-state index >= 15 is 0 Å². The number of aliphatic carboxylic acids is 1. The molecule has 0 bridgehead atoms. The maximum atomic E-state index is 10.4. The molecule has 0 aromatic heterocycles. The van der Waals surface area contributed by atoms with Gasteiger partial charge < -0.3 is 29.2 Å². The number of rotatable bonds is 5. The van der Waals surface area contributed by atoms with Crippen LogP contribution >= 0.6 is 0 Å². The molecule has 2 heterocycles. The number of nitrogens with one attached hydrogen (secondary N) is 1. The molecule has 2 aliphatic heterocycles. The third-order valence-corrected chi connectivity index (χ3v) is 5.41. The summed E-state index contributed by atoms with van der Waals surface area (Å²) in [5.41, 5.74) is 0. The van der Waals surface area contributed by atoms with Gasteiger partial charge in [0, 0.05) is 6.04 Å². The molecule has 10 heteroatoms. The number of carbonyl (C=O) groups excluding carboxylic acids is 1. The number of ether oxygens (including phenoxy) is 2.